The summed E-state index contributed by atoms with van der Waals surface area (Å²) in [7, 11) is 1.49. The van der Waals surface area contributed by atoms with E-state index >= 15 is 0 Å². The van der Waals surface area contributed by atoms with E-state index in [1.807, 2.05) is 0 Å². The molecule has 2 nitrogen and oxygen atoms in total. The van der Waals surface area contributed by atoms with Gasteiger partial charge in [-0.2, -0.15) is 0 Å². The SMILES string of the molecule is COC(=O)C1(CCBr)CC2(C=CC3(C=CCC=C3)C=C2)C1. The Morgan fingerprint density at radius 1 is 1.10 bits per heavy atom. The van der Waals surface area contributed by atoms with Gasteiger partial charge in [-0.05, 0) is 25.7 Å². The highest BCUT2D eigenvalue weighted by molar-refractivity contribution is 9.09. The Bertz CT molecular complexity index is 518. The Morgan fingerprint density at radius 2 is 1.71 bits per heavy atom. The molecule has 21 heavy (non-hydrogen) atoms. The molecule has 0 aliphatic heterocycles. The second-order valence-electron chi connectivity index (χ2n) is 6.50. The van der Waals surface area contributed by atoms with Crippen LogP contribution in [-0.2, 0) is 9.53 Å². The zero-order valence-electron chi connectivity index (χ0n) is 12.3. The number of ether oxygens (including phenoxy) is 1. The Kier molecular flexibility index (Phi) is 3.73. The molecule has 112 valence electrons. The van der Waals surface area contributed by atoms with Crippen molar-refractivity contribution in [2.75, 3.05) is 12.4 Å². The summed E-state index contributed by atoms with van der Waals surface area (Å²) in [5.74, 6) is -0.0629. The maximum atomic E-state index is 12.1. The van der Waals surface area contributed by atoms with Gasteiger partial charge in [-0.15, -0.1) is 0 Å². The van der Waals surface area contributed by atoms with Gasteiger partial charge in [0.1, 0.15) is 0 Å². The third-order valence-corrected chi connectivity index (χ3v) is 5.42. The van der Waals surface area contributed by atoms with E-state index in [0.29, 0.717) is 0 Å². The largest absolute Gasteiger partial charge is 0.469 e. The lowest BCUT2D eigenvalue weighted by Crippen LogP contribution is -2.51. The minimum atomic E-state index is -0.310. The molecule has 0 atom stereocenters. The van der Waals surface area contributed by atoms with Gasteiger partial charge in [-0.3, -0.25) is 4.79 Å². The molecule has 0 unspecified atom stereocenters. The summed E-state index contributed by atoms with van der Waals surface area (Å²) in [6.07, 6.45) is 21.6. The maximum Gasteiger partial charge on any atom is 0.311 e. The molecule has 0 aromatic heterocycles. The highest BCUT2D eigenvalue weighted by Crippen LogP contribution is 2.60. The number of esters is 1. The van der Waals surface area contributed by atoms with Crippen LogP contribution < -0.4 is 0 Å². The van der Waals surface area contributed by atoms with E-state index in [2.05, 4.69) is 64.5 Å². The molecule has 0 radical (unpaired) electrons. The summed E-state index contributed by atoms with van der Waals surface area (Å²) in [6.45, 7) is 0. The van der Waals surface area contributed by atoms with E-state index in [-0.39, 0.29) is 22.2 Å². The van der Waals surface area contributed by atoms with Crippen LogP contribution in [0.5, 0.6) is 0 Å². The first kappa shape index (κ1) is 14.8. The Balaban J connectivity index is 1.76. The van der Waals surface area contributed by atoms with Crippen LogP contribution in [0.2, 0.25) is 0 Å². The topological polar surface area (TPSA) is 26.3 Å². The molecule has 0 N–H and O–H groups in total. The van der Waals surface area contributed by atoms with E-state index < -0.39 is 0 Å². The molecule has 0 aromatic carbocycles. The molecule has 0 bridgehead atoms. The van der Waals surface area contributed by atoms with Crippen molar-refractivity contribution in [2.45, 2.75) is 25.7 Å². The van der Waals surface area contributed by atoms with Crippen molar-refractivity contribution >= 4 is 21.9 Å². The molecule has 3 heteroatoms. The molecule has 0 saturated heterocycles. The van der Waals surface area contributed by atoms with Crippen molar-refractivity contribution in [3.8, 4) is 0 Å². The first-order valence-corrected chi connectivity index (χ1v) is 8.60. The van der Waals surface area contributed by atoms with E-state index in [1.165, 1.54) is 7.11 Å². The van der Waals surface area contributed by atoms with Crippen LogP contribution in [0.4, 0.5) is 0 Å². The van der Waals surface area contributed by atoms with Gasteiger partial charge < -0.3 is 4.74 Å². The minimum absolute atomic E-state index is 0.0392. The number of alkyl halides is 1. The van der Waals surface area contributed by atoms with E-state index in [9.17, 15) is 4.79 Å². The van der Waals surface area contributed by atoms with Gasteiger partial charge >= 0.3 is 5.97 Å². The minimum Gasteiger partial charge on any atom is -0.469 e. The molecule has 1 fully saturated rings. The summed E-state index contributed by atoms with van der Waals surface area (Å²) in [6, 6.07) is 0. The van der Waals surface area contributed by atoms with Crippen molar-refractivity contribution in [3.05, 3.63) is 48.6 Å². The van der Waals surface area contributed by atoms with Crippen molar-refractivity contribution < 1.29 is 9.53 Å². The van der Waals surface area contributed by atoms with E-state index in [0.717, 1.165) is 31.0 Å². The molecule has 0 amide bonds. The summed E-state index contributed by atoms with van der Waals surface area (Å²) >= 11 is 3.47. The molecule has 1 saturated carbocycles. The van der Waals surface area contributed by atoms with Gasteiger partial charge in [0.2, 0.25) is 0 Å². The first-order valence-electron chi connectivity index (χ1n) is 7.48. The number of rotatable bonds is 3. The quantitative estimate of drug-likeness (QED) is 0.430. The smallest absolute Gasteiger partial charge is 0.311 e. The van der Waals surface area contributed by atoms with E-state index in [1.54, 1.807) is 0 Å². The fraction of sp³-hybridized carbons (Fsp3) is 0.500. The van der Waals surface area contributed by atoms with Crippen molar-refractivity contribution in [1.82, 2.24) is 0 Å². The lowest BCUT2D eigenvalue weighted by Gasteiger charge is -2.53. The number of halogens is 1. The van der Waals surface area contributed by atoms with Gasteiger partial charge in [0.25, 0.3) is 0 Å². The Hall–Kier alpha value is -1.09. The average molecular weight is 349 g/mol. The average Bonchev–Trinajstić information content (AvgIpc) is 2.48. The van der Waals surface area contributed by atoms with Crippen LogP contribution >= 0.6 is 15.9 Å². The monoisotopic (exact) mass is 348 g/mol. The number of hydrogen-bond donors (Lipinski definition) is 0. The van der Waals surface area contributed by atoms with Gasteiger partial charge in [0.15, 0.2) is 0 Å². The van der Waals surface area contributed by atoms with Crippen LogP contribution in [0, 0.1) is 16.2 Å². The van der Waals surface area contributed by atoms with Crippen LogP contribution in [0.15, 0.2) is 48.6 Å². The van der Waals surface area contributed by atoms with Crippen molar-refractivity contribution in [2.24, 2.45) is 16.2 Å². The molecular weight excluding hydrogens is 328 g/mol. The summed E-state index contributed by atoms with van der Waals surface area (Å²) in [4.78, 5) is 12.1. The highest BCUT2D eigenvalue weighted by atomic mass is 79.9. The van der Waals surface area contributed by atoms with Gasteiger partial charge in [0.05, 0.1) is 12.5 Å². The highest BCUT2D eigenvalue weighted by Gasteiger charge is 2.57. The predicted octanol–water partition coefficient (Wildman–Crippen LogP) is 4.34. The fourth-order valence-corrected chi connectivity index (χ4v) is 4.66. The summed E-state index contributed by atoms with van der Waals surface area (Å²) in [5, 5.41) is 0.834. The standard InChI is InChI=1S/C18H21BrO2/c1-21-15(20)18(11-12-19)13-17(14-18)9-7-16(8-10-17)5-3-2-4-6-16/h3-10H,2,11-14H2,1H3. The van der Waals surface area contributed by atoms with Crippen LogP contribution in [0.25, 0.3) is 0 Å². The molecule has 3 aliphatic carbocycles. The summed E-state index contributed by atoms with van der Waals surface area (Å²) < 4.78 is 5.02. The van der Waals surface area contributed by atoms with Crippen LogP contribution in [0.3, 0.4) is 0 Å². The maximum absolute atomic E-state index is 12.1. The first-order chi connectivity index (χ1) is 10.1. The van der Waals surface area contributed by atoms with Crippen molar-refractivity contribution in [1.29, 1.82) is 0 Å². The number of carbonyl (C=O) groups excluding carboxylic acids is 1. The number of allylic oxidation sites excluding steroid dienone is 8. The molecule has 3 aliphatic rings. The second-order valence-corrected chi connectivity index (χ2v) is 7.30. The van der Waals surface area contributed by atoms with Crippen molar-refractivity contribution in [3.63, 3.8) is 0 Å². The third kappa shape index (κ3) is 2.46. The number of hydrogen-bond acceptors (Lipinski definition) is 2. The molecule has 2 spiro atoms. The number of carbonyl (C=O) groups is 1. The molecular formula is C18H21BrO2. The Morgan fingerprint density at radius 3 is 2.24 bits per heavy atom. The van der Waals surface area contributed by atoms with E-state index in [4.69, 9.17) is 4.74 Å². The Labute approximate surface area is 134 Å². The van der Waals surface area contributed by atoms with Gasteiger partial charge in [-0.25, -0.2) is 0 Å². The second kappa shape index (κ2) is 5.28. The lowest BCUT2D eigenvalue weighted by atomic mass is 9.50. The fourth-order valence-electron chi connectivity index (χ4n) is 3.90. The zero-order chi connectivity index (χ0) is 15.0. The third-order valence-electron chi connectivity index (χ3n) is 5.02. The number of methoxy groups -OCH3 is 1. The lowest BCUT2D eigenvalue weighted by molar-refractivity contribution is -0.164. The van der Waals surface area contributed by atoms with Crippen LogP contribution in [-0.4, -0.2) is 18.4 Å². The summed E-state index contributed by atoms with van der Waals surface area (Å²) in [5.41, 5.74) is -0.307. The normalized spacial score (nSPS) is 26.0. The van der Waals surface area contributed by atoms with Gasteiger partial charge in [0, 0.05) is 16.2 Å². The predicted molar refractivity (Wildman–Crippen MR) is 88.1 cm³/mol. The molecule has 3 rings (SSSR count). The van der Waals surface area contributed by atoms with Crippen LogP contribution in [0.1, 0.15) is 25.7 Å². The zero-order valence-corrected chi connectivity index (χ0v) is 13.9. The van der Waals surface area contributed by atoms with Gasteiger partial charge in [-0.1, -0.05) is 64.5 Å². The molecule has 0 aromatic rings. The molecule has 0 heterocycles.